The third-order valence-electron chi connectivity index (χ3n) is 4.18. The summed E-state index contributed by atoms with van der Waals surface area (Å²) in [5.74, 6) is 0. The molecule has 23 heavy (non-hydrogen) atoms. The minimum Gasteiger partial charge on any atom is -0.280 e. The molecule has 2 heteroatoms. The van der Waals surface area contributed by atoms with Gasteiger partial charge in [-0.1, -0.05) is 91.0 Å². The molecule has 112 valence electrons. The molecule has 3 aromatic rings. The highest BCUT2D eigenvalue weighted by Gasteiger charge is 2.30. The zero-order valence-corrected chi connectivity index (χ0v) is 12.8. The second kappa shape index (κ2) is 6.19. The van der Waals surface area contributed by atoms with Crippen LogP contribution >= 0.6 is 0 Å². The van der Waals surface area contributed by atoms with Gasteiger partial charge in [-0.25, -0.2) is 0 Å². The van der Waals surface area contributed by atoms with Gasteiger partial charge in [0.05, 0.1) is 11.8 Å². The minimum atomic E-state index is -0.00314. The minimum absolute atomic E-state index is 0.00314. The van der Waals surface area contributed by atoms with Crippen LogP contribution in [0.3, 0.4) is 0 Å². The van der Waals surface area contributed by atoms with Gasteiger partial charge in [0.1, 0.15) is 6.17 Å². The van der Waals surface area contributed by atoms with Crippen LogP contribution in [0.4, 0.5) is 0 Å². The monoisotopic (exact) mass is 298 g/mol. The van der Waals surface area contributed by atoms with E-state index in [2.05, 4.69) is 78.1 Å². The highest BCUT2D eigenvalue weighted by atomic mass is 15.2. The number of rotatable bonds is 3. The van der Waals surface area contributed by atoms with Crippen molar-refractivity contribution < 1.29 is 0 Å². The summed E-state index contributed by atoms with van der Waals surface area (Å²) in [7, 11) is 0. The molecule has 0 radical (unpaired) electrons. The van der Waals surface area contributed by atoms with Crippen LogP contribution in [0.25, 0.3) is 0 Å². The lowest BCUT2D eigenvalue weighted by molar-refractivity contribution is 0.574. The summed E-state index contributed by atoms with van der Waals surface area (Å²) in [6, 6.07) is 31.5. The number of nitrogens with one attached hydrogen (secondary N) is 1. The maximum absolute atomic E-state index is 4.99. The summed E-state index contributed by atoms with van der Waals surface area (Å²) < 4.78 is 0. The maximum Gasteiger partial charge on any atom is 0.126 e. The first kappa shape index (κ1) is 13.9. The normalized spacial score (nSPS) is 20.3. The molecule has 0 saturated carbocycles. The molecule has 0 aromatic heterocycles. The average molecular weight is 298 g/mol. The van der Waals surface area contributed by atoms with Gasteiger partial charge in [-0.3, -0.25) is 10.3 Å². The van der Waals surface area contributed by atoms with Crippen molar-refractivity contribution in [3.05, 3.63) is 108 Å². The third-order valence-corrected chi connectivity index (χ3v) is 4.18. The Morgan fingerprint density at radius 2 is 1.13 bits per heavy atom. The molecule has 3 aromatic carbocycles. The summed E-state index contributed by atoms with van der Waals surface area (Å²) in [5.41, 5.74) is 4.71. The Balaban J connectivity index is 1.76. The van der Waals surface area contributed by atoms with Crippen molar-refractivity contribution >= 4 is 5.71 Å². The molecule has 0 unspecified atom stereocenters. The lowest BCUT2D eigenvalue weighted by atomic mass is 9.97. The fraction of sp³-hybridized carbons (Fsp3) is 0.0952. The molecule has 1 aliphatic heterocycles. The number of benzene rings is 3. The molecule has 0 bridgehead atoms. The number of aliphatic imine (C=N–C) groups is 1. The smallest absolute Gasteiger partial charge is 0.126 e. The Morgan fingerprint density at radius 3 is 1.74 bits per heavy atom. The van der Waals surface area contributed by atoms with E-state index in [4.69, 9.17) is 4.99 Å². The van der Waals surface area contributed by atoms with Crippen molar-refractivity contribution in [2.24, 2.45) is 4.99 Å². The maximum atomic E-state index is 4.99. The van der Waals surface area contributed by atoms with Gasteiger partial charge in [0.15, 0.2) is 0 Å². The van der Waals surface area contributed by atoms with E-state index in [9.17, 15) is 0 Å². The Morgan fingerprint density at radius 1 is 0.609 bits per heavy atom. The first-order valence-corrected chi connectivity index (χ1v) is 7.91. The molecule has 1 aliphatic rings. The molecule has 1 N–H and O–H groups in total. The standard InChI is InChI=1S/C21H18N2/c1-4-10-16(11-5-1)19-20(17-12-6-2-7-13-17)23-21(22-19)18-14-8-3-9-15-18/h1-15,19,21-22H/t19-,21+/m0/s1. The SMILES string of the molecule is c1ccc(C2=N[C@H](c3ccccc3)N[C@H]2c2ccccc2)cc1. The molecule has 1 heterocycles. The Bertz CT molecular complexity index is 795. The fourth-order valence-corrected chi connectivity index (χ4v) is 3.04. The van der Waals surface area contributed by atoms with E-state index in [1.807, 2.05) is 18.2 Å². The van der Waals surface area contributed by atoms with E-state index in [0.29, 0.717) is 0 Å². The van der Waals surface area contributed by atoms with Gasteiger partial charge in [0, 0.05) is 0 Å². The predicted octanol–water partition coefficient (Wildman–Crippen LogP) is 4.52. The predicted molar refractivity (Wildman–Crippen MR) is 94.5 cm³/mol. The molecule has 0 saturated heterocycles. The molecule has 0 aliphatic carbocycles. The second-order valence-electron chi connectivity index (χ2n) is 5.70. The van der Waals surface area contributed by atoms with Crippen LogP contribution in [-0.4, -0.2) is 5.71 Å². The molecule has 4 rings (SSSR count). The van der Waals surface area contributed by atoms with E-state index >= 15 is 0 Å². The van der Waals surface area contributed by atoms with Crippen molar-refractivity contribution in [2.45, 2.75) is 12.2 Å². The van der Waals surface area contributed by atoms with E-state index in [1.54, 1.807) is 0 Å². The topological polar surface area (TPSA) is 24.4 Å². The third kappa shape index (κ3) is 2.81. The summed E-state index contributed by atoms with van der Waals surface area (Å²) in [6.45, 7) is 0. The van der Waals surface area contributed by atoms with Crippen LogP contribution < -0.4 is 5.32 Å². The molecule has 0 amide bonds. The Kier molecular flexibility index (Phi) is 3.75. The quantitative estimate of drug-likeness (QED) is 0.755. The van der Waals surface area contributed by atoms with Gasteiger partial charge in [-0.05, 0) is 16.7 Å². The molecular formula is C21H18N2. The van der Waals surface area contributed by atoms with Crippen LogP contribution in [0.15, 0.2) is 96.0 Å². The van der Waals surface area contributed by atoms with E-state index < -0.39 is 0 Å². The first-order chi connectivity index (χ1) is 11.4. The van der Waals surface area contributed by atoms with Crippen molar-refractivity contribution in [1.82, 2.24) is 5.32 Å². The fourth-order valence-electron chi connectivity index (χ4n) is 3.04. The van der Waals surface area contributed by atoms with Gasteiger partial charge < -0.3 is 0 Å². The van der Waals surface area contributed by atoms with Crippen LogP contribution in [0.2, 0.25) is 0 Å². The Hall–Kier alpha value is -2.71. The summed E-state index contributed by atoms with van der Waals surface area (Å²) in [4.78, 5) is 4.99. The lowest BCUT2D eigenvalue weighted by Crippen LogP contribution is -2.23. The van der Waals surface area contributed by atoms with Crippen LogP contribution in [0.1, 0.15) is 28.9 Å². The van der Waals surface area contributed by atoms with Gasteiger partial charge >= 0.3 is 0 Å². The van der Waals surface area contributed by atoms with E-state index in [0.717, 1.165) is 5.71 Å². The Labute approximate surface area is 136 Å². The lowest BCUT2D eigenvalue weighted by Gasteiger charge is -2.16. The van der Waals surface area contributed by atoms with Crippen molar-refractivity contribution in [3.8, 4) is 0 Å². The number of hydrogen-bond donors (Lipinski definition) is 1. The second-order valence-corrected chi connectivity index (χ2v) is 5.70. The highest BCUT2D eigenvalue weighted by molar-refractivity contribution is 6.06. The number of nitrogens with zero attached hydrogens (tertiary/aromatic N) is 1. The van der Waals surface area contributed by atoms with Gasteiger partial charge in [0.25, 0.3) is 0 Å². The van der Waals surface area contributed by atoms with Crippen molar-refractivity contribution in [2.75, 3.05) is 0 Å². The summed E-state index contributed by atoms with van der Waals surface area (Å²) in [6.07, 6.45) is -0.00314. The first-order valence-electron chi connectivity index (χ1n) is 7.91. The summed E-state index contributed by atoms with van der Waals surface area (Å²) in [5, 5.41) is 3.67. The average Bonchev–Trinajstić information content (AvgIpc) is 3.09. The van der Waals surface area contributed by atoms with Crippen LogP contribution in [0.5, 0.6) is 0 Å². The zero-order valence-electron chi connectivity index (χ0n) is 12.8. The summed E-state index contributed by atoms with van der Waals surface area (Å²) >= 11 is 0. The molecule has 0 fully saturated rings. The van der Waals surface area contributed by atoms with Crippen LogP contribution in [0, 0.1) is 0 Å². The van der Waals surface area contributed by atoms with Gasteiger partial charge in [-0.2, -0.15) is 0 Å². The van der Waals surface area contributed by atoms with Crippen LogP contribution in [-0.2, 0) is 0 Å². The van der Waals surface area contributed by atoms with Gasteiger partial charge in [0.2, 0.25) is 0 Å². The molecule has 2 nitrogen and oxygen atoms in total. The highest BCUT2D eigenvalue weighted by Crippen LogP contribution is 2.31. The number of hydrogen-bond acceptors (Lipinski definition) is 2. The van der Waals surface area contributed by atoms with E-state index in [1.165, 1.54) is 16.7 Å². The molecular weight excluding hydrogens is 280 g/mol. The van der Waals surface area contributed by atoms with E-state index in [-0.39, 0.29) is 12.2 Å². The molecule has 2 atom stereocenters. The largest absolute Gasteiger partial charge is 0.280 e. The van der Waals surface area contributed by atoms with Crippen molar-refractivity contribution in [1.29, 1.82) is 0 Å². The zero-order chi connectivity index (χ0) is 15.5. The van der Waals surface area contributed by atoms with Gasteiger partial charge in [-0.15, -0.1) is 0 Å². The molecule has 0 spiro atoms. The van der Waals surface area contributed by atoms with Crippen molar-refractivity contribution in [3.63, 3.8) is 0 Å².